The van der Waals surface area contributed by atoms with Crippen molar-refractivity contribution in [3.05, 3.63) is 72.3 Å². The van der Waals surface area contributed by atoms with E-state index < -0.39 is 27.5 Å². The van der Waals surface area contributed by atoms with E-state index in [0.29, 0.717) is 3.57 Å². The van der Waals surface area contributed by atoms with Crippen LogP contribution >= 0.6 is 34.2 Å². The maximum Gasteiger partial charge on any atom is 0.298 e. The summed E-state index contributed by atoms with van der Waals surface area (Å²) >= 11 is 8.35. The number of benzene rings is 2. The van der Waals surface area contributed by atoms with Gasteiger partial charge in [-0.05, 0) is 78.8 Å². The third kappa shape index (κ3) is 6.22. The summed E-state index contributed by atoms with van der Waals surface area (Å²) in [6.07, 6.45) is 1.63. The highest BCUT2D eigenvalue weighted by atomic mass is 127. The zero-order valence-electron chi connectivity index (χ0n) is 20.5. The summed E-state index contributed by atoms with van der Waals surface area (Å²) in [7, 11) is -1.06. The van der Waals surface area contributed by atoms with Gasteiger partial charge in [0.25, 0.3) is 21.7 Å². The van der Waals surface area contributed by atoms with Crippen LogP contribution in [0.1, 0.15) is 28.8 Å². The highest BCUT2D eigenvalue weighted by Gasteiger charge is 2.31. The summed E-state index contributed by atoms with van der Waals surface area (Å²) < 4.78 is 50.7. The third-order valence-electron chi connectivity index (χ3n) is 5.75. The molecular formula is C24H24ClFIN5O5S. The maximum atomic E-state index is 14.7. The molecule has 1 heterocycles. The number of carbonyl (C=O) groups excluding carboxylic acids is 1. The molecule has 0 bridgehead atoms. The minimum atomic E-state index is -3.78. The fourth-order valence-electron chi connectivity index (χ4n) is 3.56. The normalized spacial score (nSPS) is 13.2. The molecule has 38 heavy (non-hydrogen) atoms. The zero-order valence-corrected chi connectivity index (χ0v) is 24.2. The minimum Gasteiger partial charge on any atom is -0.454 e. The standard InChI is InChI=1S/C24H24ClFIN5O5S/c1-12-21(37-19-9-7-15(11-16(19)25)31-38(35,36)28-2)20(23(33)29-14-5-6-14)22(32(3)24(12)34)30-18-8-4-13(27)10-17(18)26/h4,7-11,14,28,30-31H,5-6H2,1-3H3,(H,29,33). The van der Waals surface area contributed by atoms with Gasteiger partial charge in [-0.3, -0.25) is 18.9 Å². The first-order valence-corrected chi connectivity index (χ1v) is 14.3. The number of nitrogens with zero attached hydrogens (tertiary/aromatic N) is 1. The molecule has 0 spiro atoms. The van der Waals surface area contributed by atoms with E-state index in [1.54, 1.807) is 6.07 Å². The number of aromatic nitrogens is 1. The molecule has 0 radical (unpaired) electrons. The van der Waals surface area contributed by atoms with Crippen LogP contribution in [0.15, 0.2) is 41.2 Å². The van der Waals surface area contributed by atoms with Crippen molar-refractivity contribution < 1.29 is 22.3 Å². The van der Waals surface area contributed by atoms with Crippen molar-refractivity contribution in [2.45, 2.75) is 25.8 Å². The summed E-state index contributed by atoms with van der Waals surface area (Å²) in [6, 6.07) is 8.64. The molecule has 1 amide bonds. The number of hydrogen-bond acceptors (Lipinski definition) is 6. The molecule has 0 atom stereocenters. The largest absolute Gasteiger partial charge is 0.454 e. The van der Waals surface area contributed by atoms with Gasteiger partial charge in [-0.15, -0.1) is 0 Å². The molecule has 1 saturated carbocycles. The second kappa shape index (κ2) is 11.1. The number of ether oxygens (including phenoxy) is 1. The Balaban J connectivity index is 1.82. The van der Waals surface area contributed by atoms with Gasteiger partial charge in [-0.2, -0.15) is 8.42 Å². The number of nitrogens with one attached hydrogen (secondary N) is 4. The average molecular weight is 676 g/mol. The van der Waals surface area contributed by atoms with E-state index in [1.807, 2.05) is 22.6 Å². The number of pyridine rings is 1. The van der Waals surface area contributed by atoms with E-state index in [9.17, 15) is 22.4 Å². The molecule has 1 aliphatic rings. The first-order valence-electron chi connectivity index (χ1n) is 11.4. The Morgan fingerprint density at radius 3 is 2.53 bits per heavy atom. The van der Waals surface area contributed by atoms with Crippen molar-refractivity contribution in [1.82, 2.24) is 14.6 Å². The Bertz CT molecular complexity index is 1590. The maximum absolute atomic E-state index is 14.7. The number of rotatable bonds is 9. The fourth-order valence-corrected chi connectivity index (χ4v) is 4.78. The van der Waals surface area contributed by atoms with Crippen LogP contribution in [0.25, 0.3) is 0 Å². The van der Waals surface area contributed by atoms with Gasteiger partial charge in [0.1, 0.15) is 22.9 Å². The van der Waals surface area contributed by atoms with E-state index in [-0.39, 0.29) is 50.9 Å². The van der Waals surface area contributed by atoms with Crippen LogP contribution in [-0.2, 0) is 17.3 Å². The molecule has 0 aliphatic heterocycles. The Morgan fingerprint density at radius 1 is 1.21 bits per heavy atom. The molecule has 14 heteroatoms. The van der Waals surface area contributed by atoms with Crippen molar-refractivity contribution >= 4 is 67.5 Å². The van der Waals surface area contributed by atoms with Gasteiger partial charge < -0.3 is 15.4 Å². The number of anilines is 3. The van der Waals surface area contributed by atoms with Crippen LogP contribution < -0.4 is 30.4 Å². The predicted molar refractivity (Wildman–Crippen MR) is 152 cm³/mol. The third-order valence-corrected chi connectivity index (χ3v) is 7.76. The molecule has 2 aromatic carbocycles. The quantitative estimate of drug-likeness (QED) is 0.249. The molecule has 1 aromatic heterocycles. The molecule has 1 aliphatic carbocycles. The molecular weight excluding hydrogens is 652 g/mol. The van der Waals surface area contributed by atoms with Gasteiger partial charge in [-0.1, -0.05) is 11.6 Å². The molecule has 3 aromatic rings. The second-order valence-corrected chi connectivity index (χ2v) is 11.9. The average Bonchev–Trinajstić information content (AvgIpc) is 3.67. The Hall–Kier alpha value is -2.88. The Morgan fingerprint density at radius 2 is 1.92 bits per heavy atom. The number of halogens is 3. The van der Waals surface area contributed by atoms with E-state index in [4.69, 9.17) is 16.3 Å². The van der Waals surface area contributed by atoms with Crippen LogP contribution in [0.2, 0.25) is 5.02 Å². The van der Waals surface area contributed by atoms with Gasteiger partial charge >= 0.3 is 0 Å². The predicted octanol–water partition coefficient (Wildman–Crippen LogP) is 4.40. The lowest BCUT2D eigenvalue weighted by Crippen LogP contribution is -2.31. The van der Waals surface area contributed by atoms with Gasteiger partial charge in [0.2, 0.25) is 0 Å². The highest BCUT2D eigenvalue weighted by Crippen LogP contribution is 2.38. The van der Waals surface area contributed by atoms with Crippen molar-refractivity contribution in [3.63, 3.8) is 0 Å². The van der Waals surface area contributed by atoms with E-state index in [2.05, 4.69) is 20.1 Å². The monoisotopic (exact) mass is 675 g/mol. The van der Waals surface area contributed by atoms with Crippen LogP contribution in [-0.4, -0.2) is 32.0 Å². The molecule has 0 unspecified atom stereocenters. The summed E-state index contributed by atoms with van der Waals surface area (Å²) in [5.41, 5.74) is -0.134. The smallest absolute Gasteiger partial charge is 0.298 e. The van der Waals surface area contributed by atoms with Crippen molar-refractivity contribution in [2.75, 3.05) is 17.1 Å². The SMILES string of the molecule is CNS(=O)(=O)Nc1ccc(Oc2c(C(=O)NC3CC3)c(Nc3ccc(I)cc3F)n(C)c(=O)c2C)c(Cl)c1. The van der Waals surface area contributed by atoms with Crippen molar-refractivity contribution in [1.29, 1.82) is 0 Å². The van der Waals surface area contributed by atoms with Crippen LogP contribution in [0.3, 0.4) is 0 Å². The minimum absolute atomic E-state index is 0.00882. The molecule has 0 saturated heterocycles. The lowest BCUT2D eigenvalue weighted by Gasteiger charge is -2.21. The molecule has 4 rings (SSSR count). The van der Waals surface area contributed by atoms with Crippen LogP contribution in [0.5, 0.6) is 11.5 Å². The van der Waals surface area contributed by atoms with Gasteiger partial charge in [0.15, 0.2) is 5.75 Å². The first kappa shape index (κ1) is 28.1. The summed E-state index contributed by atoms with van der Waals surface area (Å²) in [5, 5.41) is 5.80. The molecule has 4 N–H and O–H groups in total. The van der Waals surface area contributed by atoms with Crippen molar-refractivity contribution in [3.8, 4) is 11.5 Å². The van der Waals surface area contributed by atoms with Crippen molar-refractivity contribution in [2.24, 2.45) is 7.05 Å². The summed E-state index contributed by atoms with van der Waals surface area (Å²) in [5.74, 6) is -1.04. The van der Waals surface area contributed by atoms with Crippen LogP contribution in [0.4, 0.5) is 21.6 Å². The van der Waals surface area contributed by atoms with Gasteiger partial charge in [-0.25, -0.2) is 9.11 Å². The lowest BCUT2D eigenvalue weighted by atomic mass is 10.1. The van der Waals surface area contributed by atoms with E-state index in [1.165, 1.54) is 55.9 Å². The number of amides is 1. The molecule has 1 fully saturated rings. The topological polar surface area (TPSA) is 131 Å². The van der Waals surface area contributed by atoms with Crippen LogP contribution in [0, 0.1) is 16.3 Å². The highest BCUT2D eigenvalue weighted by molar-refractivity contribution is 14.1. The zero-order chi connectivity index (χ0) is 27.8. The van der Waals surface area contributed by atoms with E-state index >= 15 is 0 Å². The molecule has 202 valence electrons. The number of carbonyl (C=O) groups is 1. The summed E-state index contributed by atoms with van der Waals surface area (Å²) in [4.78, 5) is 26.6. The fraction of sp³-hybridized carbons (Fsp3) is 0.250. The van der Waals surface area contributed by atoms with E-state index in [0.717, 1.165) is 12.8 Å². The lowest BCUT2D eigenvalue weighted by molar-refractivity contribution is 0.0948. The first-order chi connectivity index (χ1) is 17.9. The second-order valence-electron chi connectivity index (χ2n) is 8.60. The number of hydrogen-bond donors (Lipinski definition) is 4. The molecule has 10 nitrogen and oxygen atoms in total. The Kier molecular flexibility index (Phi) is 8.20. The Labute approximate surface area is 237 Å². The van der Waals surface area contributed by atoms with Gasteiger partial charge in [0.05, 0.1) is 22.0 Å². The van der Waals surface area contributed by atoms with Gasteiger partial charge in [0, 0.05) is 23.7 Å². The summed E-state index contributed by atoms with van der Waals surface area (Å²) in [6.45, 7) is 1.50.